The third-order valence-electron chi connectivity index (χ3n) is 3.40. The van der Waals surface area contributed by atoms with Crippen LogP contribution in [0.2, 0.25) is 5.02 Å². The number of benzene rings is 1. The molecule has 21 heavy (non-hydrogen) atoms. The molecule has 1 aromatic carbocycles. The van der Waals surface area contributed by atoms with Crippen molar-refractivity contribution in [3.63, 3.8) is 0 Å². The second-order valence-electron chi connectivity index (χ2n) is 5.69. The largest absolute Gasteiger partial charge is 0.339 e. The Hall–Kier alpha value is -1.39. The molecular weight excluding hydrogens is 286 g/mol. The summed E-state index contributed by atoms with van der Waals surface area (Å²) in [7, 11) is 1.97. The Bertz CT molecular complexity index is 568. The fourth-order valence-corrected chi connectivity index (χ4v) is 2.54. The predicted octanol–water partition coefficient (Wildman–Crippen LogP) is 3.49. The van der Waals surface area contributed by atoms with Crippen molar-refractivity contribution in [1.29, 1.82) is 0 Å². The van der Waals surface area contributed by atoms with Crippen LogP contribution in [0, 0.1) is 5.92 Å². The van der Waals surface area contributed by atoms with E-state index < -0.39 is 0 Å². The highest BCUT2D eigenvalue weighted by molar-refractivity contribution is 6.31. The summed E-state index contributed by atoms with van der Waals surface area (Å²) in [5.74, 6) is 1.99. The Kier molecular flexibility index (Phi) is 5.76. The van der Waals surface area contributed by atoms with Crippen molar-refractivity contribution in [2.24, 2.45) is 5.92 Å². The van der Waals surface area contributed by atoms with E-state index in [1.165, 1.54) is 0 Å². The number of rotatable bonds is 7. The van der Waals surface area contributed by atoms with E-state index in [2.05, 4.69) is 29.3 Å². The van der Waals surface area contributed by atoms with E-state index in [1.807, 2.05) is 31.3 Å². The van der Waals surface area contributed by atoms with Crippen LogP contribution >= 0.6 is 11.6 Å². The molecular formula is C16H22ClN3O. The topological polar surface area (TPSA) is 51.0 Å². The van der Waals surface area contributed by atoms with Gasteiger partial charge in [-0.15, -0.1) is 0 Å². The molecule has 0 radical (unpaired) electrons. The van der Waals surface area contributed by atoms with E-state index >= 15 is 0 Å². The Balaban J connectivity index is 1.99. The Morgan fingerprint density at radius 1 is 1.29 bits per heavy atom. The van der Waals surface area contributed by atoms with Gasteiger partial charge in [-0.2, -0.15) is 4.98 Å². The number of nitrogens with zero attached hydrogens (tertiary/aromatic N) is 2. The minimum absolute atomic E-state index is 0.360. The van der Waals surface area contributed by atoms with Gasteiger partial charge in [-0.25, -0.2) is 0 Å². The van der Waals surface area contributed by atoms with Gasteiger partial charge in [-0.05, 0) is 31.0 Å². The molecule has 2 aromatic rings. The van der Waals surface area contributed by atoms with E-state index in [4.69, 9.17) is 16.1 Å². The van der Waals surface area contributed by atoms with Gasteiger partial charge in [-0.3, -0.25) is 0 Å². The minimum Gasteiger partial charge on any atom is -0.339 e. The summed E-state index contributed by atoms with van der Waals surface area (Å²) in [4.78, 5) is 4.47. The molecule has 0 saturated carbocycles. The zero-order valence-electron chi connectivity index (χ0n) is 12.8. The first-order valence-electron chi connectivity index (χ1n) is 7.30. The number of nitrogens with one attached hydrogen (secondary N) is 1. The monoisotopic (exact) mass is 307 g/mol. The van der Waals surface area contributed by atoms with Gasteiger partial charge in [0.25, 0.3) is 0 Å². The highest BCUT2D eigenvalue weighted by Crippen LogP contribution is 2.18. The molecule has 1 N–H and O–H groups in total. The van der Waals surface area contributed by atoms with Crippen LogP contribution in [0.4, 0.5) is 0 Å². The Morgan fingerprint density at radius 2 is 2.05 bits per heavy atom. The lowest BCUT2D eigenvalue weighted by Crippen LogP contribution is -2.29. The van der Waals surface area contributed by atoms with E-state index in [0.717, 1.165) is 23.4 Å². The van der Waals surface area contributed by atoms with Crippen LogP contribution in [0.5, 0.6) is 0 Å². The minimum atomic E-state index is 0.360. The molecule has 5 heteroatoms. The van der Waals surface area contributed by atoms with Gasteiger partial charge in [0.15, 0.2) is 5.82 Å². The SMILES string of the molecule is CNC(Cc1nc(Cc2ccccc2Cl)no1)CC(C)C. The van der Waals surface area contributed by atoms with Crippen molar-refractivity contribution in [3.8, 4) is 0 Å². The summed E-state index contributed by atoms with van der Waals surface area (Å²) < 4.78 is 5.35. The third kappa shape index (κ3) is 4.83. The third-order valence-corrected chi connectivity index (χ3v) is 3.77. The van der Waals surface area contributed by atoms with Gasteiger partial charge in [0.05, 0.1) is 0 Å². The molecule has 114 valence electrons. The summed E-state index contributed by atoms with van der Waals surface area (Å²) in [5.41, 5.74) is 1.01. The van der Waals surface area contributed by atoms with Crippen LogP contribution in [0.3, 0.4) is 0 Å². The highest BCUT2D eigenvalue weighted by Gasteiger charge is 2.15. The van der Waals surface area contributed by atoms with E-state index in [0.29, 0.717) is 30.1 Å². The summed E-state index contributed by atoms with van der Waals surface area (Å²) in [5, 5.41) is 8.08. The van der Waals surface area contributed by atoms with Crippen molar-refractivity contribution < 1.29 is 4.52 Å². The summed E-state index contributed by atoms with van der Waals surface area (Å²) in [6.07, 6.45) is 2.43. The summed E-state index contributed by atoms with van der Waals surface area (Å²) >= 11 is 6.15. The van der Waals surface area contributed by atoms with Crippen LogP contribution in [-0.4, -0.2) is 23.2 Å². The maximum atomic E-state index is 6.15. The molecule has 1 aromatic heterocycles. The Labute approximate surface area is 130 Å². The van der Waals surface area contributed by atoms with E-state index in [9.17, 15) is 0 Å². The molecule has 1 heterocycles. The second-order valence-corrected chi connectivity index (χ2v) is 6.10. The lowest BCUT2D eigenvalue weighted by atomic mass is 10.0. The normalized spacial score (nSPS) is 12.8. The van der Waals surface area contributed by atoms with E-state index in [-0.39, 0.29) is 0 Å². The molecule has 1 unspecified atom stereocenters. The first-order chi connectivity index (χ1) is 10.1. The smallest absolute Gasteiger partial charge is 0.228 e. The fraction of sp³-hybridized carbons (Fsp3) is 0.500. The summed E-state index contributed by atoms with van der Waals surface area (Å²) in [6, 6.07) is 8.09. The lowest BCUT2D eigenvalue weighted by molar-refractivity contribution is 0.342. The van der Waals surface area contributed by atoms with Gasteiger partial charge in [-0.1, -0.05) is 48.8 Å². The van der Waals surface area contributed by atoms with E-state index in [1.54, 1.807) is 0 Å². The molecule has 1 atom stereocenters. The molecule has 0 aliphatic carbocycles. The standard InChI is InChI=1S/C16H22ClN3O/c1-11(2)8-13(18-3)10-16-19-15(20-21-16)9-12-6-4-5-7-14(12)17/h4-7,11,13,18H,8-10H2,1-3H3. The number of hydrogen-bond donors (Lipinski definition) is 1. The van der Waals surface area contributed by atoms with Crippen LogP contribution < -0.4 is 5.32 Å². The number of aromatic nitrogens is 2. The highest BCUT2D eigenvalue weighted by atomic mass is 35.5. The molecule has 0 saturated heterocycles. The molecule has 2 rings (SSSR count). The van der Waals surface area contributed by atoms with Crippen molar-refractivity contribution >= 4 is 11.6 Å². The molecule has 0 amide bonds. The first-order valence-corrected chi connectivity index (χ1v) is 7.68. The average Bonchev–Trinajstić information content (AvgIpc) is 2.87. The molecule has 4 nitrogen and oxygen atoms in total. The van der Waals surface area contributed by atoms with Crippen LogP contribution in [0.15, 0.2) is 28.8 Å². The van der Waals surface area contributed by atoms with Gasteiger partial charge < -0.3 is 9.84 Å². The van der Waals surface area contributed by atoms with Crippen molar-refractivity contribution in [3.05, 3.63) is 46.6 Å². The summed E-state index contributed by atoms with van der Waals surface area (Å²) in [6.45, 7) is 4.42. The maximum Gasteiger partial charge on any atom is 0.228 e. The lowest BCUT2D eigenvalue weighted by Gasteiger charge is -2.15. The molecule has 0 aliphatic heterocycles. The van der Waals surface area contributed by atoms with Crippen molar-refractivity contribution in [2.45, 2.75) is 39.2 Å². The second kappa shape index (κ2) is 7.57. The number of likely N-dealkylation sites (N-methyl/N-ethyl adjacent to an activating group) is 1. The molecule has 0 fully saturated rings. The zero-order valence-corrected chi connectivity index (χ0v) is 13.5. The number of halogens is 1. The zero-order chi connectivity index (χ0) is 15.2. The van der Waals surface area contributed by atoms with Crippen molar-refractivity contribution in [1.82, 2.24) is 15.5 Å². The molecule has 0 aliphatic rings. The quantitative estimate of drug-likeness (QED) is 0.850. The van der Waals surface area contributed by atoms with Crippen LogP contribution in [0.25, 0.3) is 0 Å². The van der Waals surface area contributed by atoms with Gasteiger partial charge >= 0.3 is 0 Å². The predicted molar refractivity (Wildman–Crippen MR) is 84.6 cm³/mol. The molecule has 0 bridgehead atoms. The van der Waals surface area contributed by atoms with Gasteiger partial charge in [0.1, 0.15) is 0 Å². The van der Waals surface area contributed by atoms with Gasteiger partial charge in [0.2, 0.25) is 5.89 Å². The van der Waals surface area contributed by atoms with Crippen molar-refractivity contribution in [2.75, 3.05) is 7.05 Å². The average molecular weight is 308 g/mol. The van der Waals surface area contributed by atoms with Crippen LogP contribution in [0.1, 0.15) is 37.5 Å². The van der Waals surface area contributed by atoms with Crippen LogP contribution in [-0.2, 0) is 12.8 Å². The fourth-order valence-electron chi connectivity index (χ4n) is 2.34. The molecule has 0 spiro atoms. The van der Waals surface area contributed by atoms with Gasteiger partial charge in [0, 0.05) is 23.9 Å². The maximum absolute atomic E-state index is 6.15. The Morgan fingerprint density at radius 3 is 2.71 bits per heavy atom. The first kappa shape index (κ1) is 16.0. The number of hydrogen-bond acceptors (Lipinski definition) is 4.